The van der Waals surface area contributed by atoms with E-state index in [1.54, 1.807) is 0 Å². The second-order valence-corrected chi connectivity index (χ2v) is 6.34. The third-order valence-electron chi connectivity index (χ3n) is 4.08. The van der Waals surface area contributed by atoms with Crippen LogP contribution in [0.4, 0.5) is 14.5 Å². The van der Waals surface area contributed by atoms with Gasteiger partial charge in [0.15, 0.2) is 0 Å². The molecule has 2 rings (SSSR count). The van der Waals surface area contributed by atoms with Gasteiger partial charge in [0.1, 0.15) is 22.3 Å². The van der Waals surface area contributed by atoms with E-state index in [-0.39, 0.29) is 21.7 Å². The van der Waals surface area contributed by atoms with Crippen molar-refractivity contribution in [1.29, 1.82) is 0 Å². The summed E-state index contributed by atoms with van der Waals surface area (Å²) in [7, 11) is 0. The Kier molecular flexibility index (Phi) is 4.58. The minimum Gasteiger partial charge on any atom is -0.389 e. The van der Waals surface area contributed by atoms with Gasteiger partial charge in [-0.2, -0.15) is 0 Å². The van der Waals surface area contributed by atoms with E-state index in [0.29, 0.717) is 6.54 Å². The van der Waals surface area contributed by atoms with Crippen LogP contribution in [-0.4, -0.2) is 11.5 Å². The number of halogens is 2. The maximum absolute atomic E-state index is 13.9. The molecule has 2 nitrogen and oxygen atoms in total. The fourth-order valence-electron chi connectivity index (χ4n) is 2.77. The van der Waals surface area contributed by atoms with Gasteiger partial charge < -0.3 is 11.1 Å². The molecule has 1 aliphatic carbocycles. The lowest BCUT2D eigenvalue weighted by atomic mass is 9.76. The first kappa shape index (κ1) is 15.2. The SMILES string of the molecule is CC1(CNc2c(F)cc(C(N)=S)cc2F)CCCCC1. The first-order chi connectivity index (χ1) is 9.41. The van der Waals surface area contributed by atoms with Crippen molar-refractivity contribution in [2.24, 2.45) is 11.1 Å². The highest BCUT2D eigenvalue weighted by atomic mass is 32.1. The van der Waals surface area contributed by atoms with Gasteiger partial charge in [0.05, 0.1) is 0 Å². The zero-order chi connectivity index (χ0) is 14.8. The Balaban J connectivity index is 2.11. The van der Waals surface area contributed by atoms with Crippen LogP contribution in [0.1, 0.15) is 44.6 Å². The smallest absolute Gasteiger partial charge is 0.150 e. The highest BCUT2D eigenvalue weighted by molar-refractivity contribution is 7.80. The van der Waals surface area contributed by atoms with Crippen LogP contribution in [0.15, 0.2) is 12.1 Å². The number of thiocarbonyl (C=S) groups is 1. The largest absolute Gasteiger partial charge is 0.389 e. The summed E-state index contributed by atoms with van der Waals surface area (Å²) in [4.78, 5) is -0.00593. The van der Waals surface area contributed by atoms with Crippen molar-refractivity contribution in [3.05, 3.63) is 29.3 Å². The van der Waals surface area contributed by atoms with Gasteiger partial charge in [-0.25, -0.2) is 8.78 Å². The van der Waals surface area contributed by atoms with Gasteiger partial charge >= 0.3 is 0 Å². The highest BCUT2D eigenvalue weighted by Crippen LogP contribution is 2.36. The molecule has 0 aromatic heterocycles. The van der Waals surface area contributed by atoms with Crippen molar-refractivity contribution >= 4 is 22.9 Å². The van der Waals surface area contributed by atoms with Crippen LogP contribution in [0.5, 0.6) is 0 Å². The lowest BCUT2D eigenvalue weighted by Gasteiger charge is -2.34. The van der Waals surface area contributed by atoms with Crippen molar-refractivity contribution < 1.29 is 8.78 Å². The number of nitrogens with two attached hydrogens (primary N) is 1. The number of anilines is 1. The molecular weight excluding hydrogens is 278 g/mol. The Morgan fingerprint density at radius 2 is 1.80 bits per heavy atom. The number of hydrogen-bond acceptors (Lipinski definition) is 2. The van der Waals surface area contributed by atoms with Gasteiger partial charge in [0.2, 0.25) is 0 Å². The summed E-state index contributed by atoms with van der Waals surface area (Å²) in [6.45, 7) is 2.74. The van der Waals surface area contributed by atoms with Gasteiger partial charge in [-0.1, -0.05) is 38.4 Å². The van der Waals surface area contributed by atoms with Gasteiger partial charge in [-0.05, 0) is 30.4 Å². The third kappa shape index (κ3) is 3.45. The van der Waals surface area contributed by atoms with Crippen molar-refractivity contribution in [2.75, 3.05) is 11.9 Å². The average Bonchev–Trinajstić information content (AvgIpc) is 2.38. The number of hydrogen-bond donors (Lipinski definition) is 2. The first-order valence-electron chi connectivity index (χ1n) is 6.94. The summed E-state index contributed by atoms with van der Waals surface area (Å²) >= 11 is 4.73. The van der Waals surface area contributed by atoms with Crippen molar-refractivity contribution in [2.45, 2.75) is 39.0 Å². The van der Waals surface area contributed by atoms with Crippen LogP contribution in [0.25, 0.3) is 0 Å². The lowest BCUT2D eigenvalue weighted by molar-refractivity contribution is 0.233. The minimum atomic E-state index is -0.646. The summed E-state index contributed by atoms with van der Waals surface area (Å²) < 4.78 is 27.9. The summed E-state index contributed by atoms with van der Waals surface area (Å²) in [5, 5.41) is 2.92. The maximum atomic E-state index is 13.9. The van der Waals surface area contributed by atoms with Crippen LogP contribution in [0, 0.1) is 17.0 Å². The Morgan fingerprint density at radius 1 is 1.25 bits per heavy atom. The van der Waals surface area contributed by atoms with Crippen molar-refractivity contribution in [3.8, 4) is 0 Å². The predicted molar refractivity (Wildman–Crippen MR) is 81.9 cm³/mol. The fourth-order valence-corrected chi connectivity index (χ4v) is 2.89. The minimum absolute atomic E-state index is 0.00593. The van der Waals surface area contributed by atoms with Crippen LogP contribution >= 0.6 is 12.2 Å². The van der Waals surface area contributed by atoms with Crippen molar-refractivity contribution in [3.63, 3.8) is 0 Å². The van der Waals surface area contributed by atoms with E-state index >= 15 is 0 Å². The zero-order valence-corrected chi connectivity index (χ0v) is 12.5. The molecular formula is C15H20F2N2S. The molecule has 0 spiro atoms. The molecule has 110 valence electrons. The molecule has 0 saturated heterocycles. The molecule has 1 aromatic carbocycles. The molecule has 1 aromatic rings. The molecule has 0 bridgehead atoms. The predicted octanol–water partition coefficient (Wildman–Crippen LogP) is 3.98. The van der Waals surface area contributed by atoms with E-state index in [1.807, 2.05) is 0 Å². The Bertz CT molecular complexity index is 488. The Hall–Kier alpha value is -1.23. The molecule has 0 amide bonds. The first-order valence-corrected chi connectivity index (χ1v) is 7.35. The molecule has 0 atom stereocenters. The molecule has 0 heterocycles. The standard InChI is InChI=1S/C15H20F2N2S/c1-15(5-3-2-4-6-15)9-19-13-11(16)7-10(14(18)20)8-12(13)17/h7-8,19H,2-6,9H2,1H3,(H2,18,20). The molecule has 1 fully saturated rings. The normalized spacial score (nSPS) is 17.8. The van der Waals surface area contributed by atoms with Crippen LogP contribution in [0.3, 0.4) is 0 Å². The molecule has 0 unspecified atom stereocenters. The number of rotatable bonds is 4. The number of benzene rings is 1. The van der Waals surface area contributed by atoms with Crippen molar-refractivity contribution in [1.82, 2.24) is 0 Å². The Morgan fingerprint density at radius 3 is 2.30 bits per heavy atom. The molecule has 20 heavy (non-hydrogen) atoms. The van der Waals surface area contributed by atoms with E-state index in [9.17, 15) is 8.78 Å². The van der Waals surface area contributed by atoms with Gasteiger partial charge in [-0.15, -0.1) is 0 Å². The maximum Gasteiger partial charge on any atom is 0.150 e. The monoisotopic (exact) mass is 298 g/mol. The third-order valence-corrected chi connectivity index (χ3v) is 4.31. The summed E-state index contributed by atoms with van der Waals surface area (Å²) in [5.74, 6) is -1.29. The fraction of sp³-hybridized carbons (Fsp3) is 0.533. The highest BCUT2D eigenvalue weighted by Gasteiger charge is 2.27. The number of nitrogens with one attached hydrogen (secondary N) is 1. The zero-order valence-electron chi connectivity index (χ0n) is 11.6. The lowest BCUT2D eigenvalue weighted by Crippen LogP contribution is -2.29. The van der Waals surface area contributed by atoms with Gasteiger partial charge in [0.25, 0.3) is 0 Å². The molecule has 3 N–H and O–H groups in total. The molecule has 0 aliphatic heterocycles. The van der Waals surface area contributed by atoms with Crippen LogP contribution in [-0.2, 0) is 0 Å². The molecule has 1 aliphatic rings. The van der Waals surface area contributed by atoms with Crippen LogP contribution < -0.4 is 11.1 Å². The van der Waals surface area contributed by atoms with Gasteiger partial charge in [-0.3, -0.25) is 0 Å². The molecule has 0 radical (unpaired) electrons. The second-order valence-electron chi connectivity index (χ2n) is 5.90. The van der Waals surface area contributed by atoms with Crippen LogP contribution in [0.2, 0.25) is 0 Å². The summed E-state index contributed by atoms with van der Waals surface area (Å²) in [6.07, 6.45) is 5.80. The summed E-state index contributed by atoms with van der Waals surface area (Å²) in [6, 6.07) is 2.36. The van der Waals surface area contributed by atoms with Gasteiger partial charge in [0, 0.05) is 12.1 Å². The van der Waals surface area contributed by atoms with E-state index in [1.165, 1.54) is 31.4 Å². The summed E-state index contributed by atoms with van der Waals surface area (Å²) in [5.41, 5.74) is 5.63. The van der Waals surface area contributed by atoms with E-state index in [2.05, 4.69) is 12.2 Å². The van der Waals surface area contributed by atoms with E-state index < -0.39 is 11.6 Å². The Labute approximate surface area is 123 Å². The quantitative estimate of drug-likeness (QED) is 0.826. The molecule has 1 saturated carbocycles. The van der Waals surface area contributed by atoms with E-state index in [4.69, 9.17) is 18.0 Å². The average molecular weight is 298 g/mol. The topological polar surface area (TPSA) is 38.0 Å². The molecule has 5 heteroatoms. The second kappa shape index (κ2) is 6.04. The van der Waals surface area contributed by atoms with E-state index in [0.717, 1.165) is 12.8 Å².